The molecule has 2 fully saturated rings. The van der Waals surface area contributed by atoms with Crippen molar-refractivity contribution in [1.29, 1.82) is 5.26 Å². The molecule has 34 heavy (non-hydrogen) atoms. The number of rotatable bonds is 5. The van der Waals surface area contributed by atoms with Crippen LogP contribution in [0.2, 0.25) is 0 Å². The van der Waals surface area contributed by atoms with Crippen LogP contribution in [-0.4, -0.2) is 78.1 Å². The molecule has 3 aliphatic rings. The Labute approximate surface area is 202 Å². The molecule has 1 N–H and O–H groups in total. The molecule has 8 nitrogen and oxygen atoms in total. The summed E-state index contributed by atoms with van der Waals surface area (Å²) in [6.07, 6.45) is 2.39. The number of nitrogens with one attached hydrogen (secondary N) is 1. The number of fused-ring (bicyclic) bond motifs is 2. The van der Waals surface area contributed by atoms with Crippen LogP contribution in [0.5, 0.6) is 0 Å². The SMILES string of the molecule is CN1CCN(c2ccc(CC(C#N)NC(=O)[C@@H]3[C@H]4CCC(=[N+]3C(=O)OC(C)(C)C)C4)cc2)CC1. The quantitative estimate of drug-likeness (QED) is 0.671. The van der Waals surface area contributed by atoms with E-state index in [1.807, 2.05) is 32.9 Å². The van der Waals surface area contributed by atoms with Crippen molar-refractivity contribution in [3.05, 3.63) is 29.8 Å². The minimum atomic E-state index is -0.661. The average Bonchev–Trinajstić information content (AvgIpc) is 3.40. The lowest BCUT2D eigenvalue weighted by Gasteiger charge is -2.34. The zero-order valence-corrected chi connectivity index (χ0v) is 20.7. The molecular formula is C26H36N5O3+. The summed E-state index contributed by atoms with van der Waals surface area (Å²) in [5, 5.41) is 12.6. The van der Waals surface area contributed by atoms with E-state index in [0.29, 0.717) is 6.42 Å². The molecule has 2 aliphatic heterocycles. The van der Waals surface area contributed by atoms with Crippen LogP contribution < -0.4 is 10.2 Å². The molecule has 2 amide bonds. The maximum atomic E-state index is 13.2. The highest BCUT2D eigenvalue weighted by molar-refractivity contribution is 5.93. The van der Waals surface area contributed by atoms with Crippen LogP contribution in [0.15, 0.2) is 24.3 Å². The topological polar surface area (TPSA) is 88.7 Å². The van der Waals surface area contributed by atoms with Crippen LogP contribution in [0.25, 0.3) is 0 Å². The summed E-state index contributed by atoms with van der Waals surface area (Å²) in [5.41, 5.74) is 2.51. The summed E-state index contributed by atoms with van der Waals surface area (Å²) in [6, 6.07) is 9.21. The van der Waals surface area contributed by atoms with Gasteiger partial charge in [-0.1, -0.05) is 12.1 Å². The first kappa shape index (κ1) is 24.2. The van der Waals surface area contributed by atoms with Gasteiger partial charge in [-0.3, -0.25) is 4.79 Å². The van der Waals surface area contributed by atoms with Crippen LogP contribution >= 0.6 is 0 Å². The second-order valence-corrected chi connectivity index (χ2v) is 10.7. The van der Waals surface area contributed by atoms with Gasteiger partial charge >= 0.3 is 6.09 Å². The Morgan fingerprint density at radius 2 is 1.88 bits per heavy atom. The predicted octanol–water partition coefficient (Wildman–Crippen LogP) is 2.56. The number of amides is 2. The van der Waals surface area contributed by atoms with Gasteiger partial charge in [-0.15, -0.1) is 4.58 Å². The fraction of sp³-hybridized carbons (Fsp3) is 0.615. The Kier molecular flexibility index (Phi) is 6.94. The van der Waals surface area contributed by atoms with Crippen molar-refractivity contribution in [1.82, 2.24) is 10.2 Å². The molecule has 0 aromatic heterocycles. The normalized spacial score (nSPS) is 23.6. The zero-order valence-electron chi connectivity index (χ0n) is 20.7. The first-order valence-electron chi connectivity index (χ1n) is 12.2. The summed E-state index contributed by atoms with van der Waals surface area (Å²) < 4.78 is 7.10. The number of hydrogen-bond donors (Lipinski definition) is 1. The Morgan fingerprint density at radius 3 is 2.50 bits per heavy atom. The Bertz CT molecular complexity index is 997. The summed E-state index contributed by atoms with van der Waals surface area (Å²) in [5.74, 6) is -0.184. The van der Waals surface area contributed by atoms with E-state index in [0.717, 1.165) is 56.7 Å². The molecule has 0 radical (unpaired) electrons. The molecule has 4 rings (SSSR count). The molecular weight excluding hydrogens is 430 g/mol. The maximum Gasteiger partial charge on any atom is 0.597 e. The average molecular weight is 467 g/mol. The van der Waals surface area contributed by atoms with Crippen molar-refractivity contribution in [3.63, 3.8) is 0 Å². The maximum absolute atomic E-state index is 13.2. The highest BCUT2D eigenvalue weighted by atomic mass is 16.6. The molecule has 182 valence electrons. The molecule has 2 bridgehead atoms. The van der Waals surface area contributed by atoms with E-state index in [4.69, 9.17) is 4.74 Å². The minimum absolute atomic E-state index is 0.0877. The largest absolute Gasteiger partial charge is 0.597 e. The zero-order chi connectivity index (χ0) is 24.5. The summed E-state index contributed by atoms with van der Waals surface area (Å²) in [7, 11) is 2.14. The number of carbonyl (C=O) groups excluding carboxylic acids is 2. The van der Waals surface area contributed by atoms with Crippen LogP contribution in [0.1, 0.15) is 45.6 Å². The van der Waals surface area contributed by atoms with Gasteiger partial charge in [0.25, 0.3) is 5.91 Å². The molecule has 2 heterocycles. The van der Waals surface area contributed by atoms with E-state index in [1.165, 1.54) is 10.3 Å². The van der Waals surface area contributed by atoms with Gasteiger partial charge in [-0.25, -0.2) is 0 Å². The van der Waals surface area contributed by atoms with E-state index in [-0.39, 0.29) is 11.8 Å². The number of ether oxygens (including phenoxy) is 1. The van der Waals surface area contributed by atoms with E-state index in [2.05, 4.69) is 40.4 Å². The van der Waals surface area contributed by atoms with Crippen molar-refractivity contribution in [2.45, 2.75) is 64.1 Å². The second kappa shape index (κ2) is 9.75. The van der Waals surface area contributed by atoms with Crippen LogP contribution in [0, 0.1) is 17.2 Å². The van der Waals surface area contributed by atoms with Gasteiger partial charge in [-0.2, -0.15) is 10.1 Å². The van der Waals surface area contributed by atoms with Gasteiger partial charge in [0, 0.05) is 57.0 Å². The van der Waals surface area contributed by atoms with Gasteiger partial charge < -0.3 is 19.9 Å². The summed E-state index contributed by atoms with van der Waals surface area (Å²) in [6.45, 7) is 9.56. The van der Waals surface area contributed by atoms with E-state index in [1.54, 1.807) is 0 Å². The van der Waals surface area contributed by atoms with Crippen LogP contribution in [-0.2, 0) is 16.0 Å². The van der Waals surface area contributed by atoms with E-state index >= 15 is 0 Å². The number of piperazine rings is 1. The first-order valence-corrected chi connectivity index (χ1v) is 12.2. The number of hydrogen-bond acceptors (Lipinski definition) is 6. The van der Waals surface area contributed by atoms with Crippen LogP contribution in [0.4, 0.5) is 10.5 Å². The third-order valence-corrected chi connectivity index (χ3v) is 6.94. The lowest BCUT2D eigenvalue weighted by molar-refractivity contribution is -0.481. The predicted molar refractivity (Wildman–Crippen MR) is 130 cm³/mol. The van der Waals surface area contributed by atoms with Crippen LogP contribution in [0.3, 0.4) is 0 Å². The fourth-order valence-electron chi connectivity index (χ4n) is 5.17. The van der Waals surface area contributed by atoms with E-state index in [9.17, 15) is 14.9 Å². The number of nitriles is 1. The molecule has 1 saturated heterocycles. The third-order valence-electron chi connectivity index (χ3n) is 6.94. The number of benzene rings is 1. The number of anilines is 1. The molecule has 1 aromatic rings. The molecule has 8 heteroatoms. The monoisotopic (exact) mass is 466 g/mol. The number of nitrogens with zero attached hydrogens (tertiary/aromatic N) is 4. The second-order valence-electron chi connectivity index (χ2n) is 10.7. The first-order chi connectivity index (χ1) is 16.1. The van der Waals surface area contributed by atoms with Crippen molar-refractivity contribution in [2.24, 2.45) is 5.92 Å². The lowest BCUT2D eigenvalue weighted by Crippen LogP contribution is -2.51. The molecule has 1 aliphatic carbocycles. The summed E-state index contributed by atoms with van der Waals surface area (Å²) >= 11 is 0. The molecule has 1 unspecified atom stereocenters. The minimum Gasteiger partial charge on any atom is -0.406 e. The van der Waals surface area contributed by atoms with Crippen molar-refractivity contribution in [3.8, 4) is 6.07 Å². The molecule has 0 spiro atoms. The highest BCUT2D eigenvalue weighted by Crippen LogP contribution is 2.35. The Balaban J connectivity index is 1.39. The number of carbonyl (C=O) groups is 2. The lowest BCUT2D eigenvalue weighted by atomic mass is 9.97. The Hall–Kier alpha value is -2.92. The van der Waals surface area contributed by atoms with Gasteiger partial charge in [-0.05, 0) is 51.9 Å². The number of likely N-dealkylation sites (N-methyl/N-ethyl adjacent to an activating group) is 1. The fourth-order valence-corrected chi connectivity index (χ4v) is 5.17. The van der Waals surface area contributed by atoms with Crippen molar-refractivity contribution in [2.75, 3.05) is 38.1 Å². The summed E-state index contributed by atoms with van der Waals surface area (Å²) in [4.78, 5) is 30.7. The van der Waals surface area contributed by atoms with Crippen molar-refractivity contribution < 1.29 is 18.9 Å². The molecule has 1 saturated carbocycles. The third kappa shape index (κ3) is 5.41. The smallest absolute Gasteiger partial charge is 0.406 e. The molecule has 3 atom stereocenters. The van der Waals surface area contributed by atoms with Crippen molar-refractivity contribution >= 4 is 23.4 Å². The van der Waals surface area contributed by atoms with Gasteiger partial charge in [0.15, 0.2) is 5.71 Å². The standard InChI is InChI=1S/C26H35N5O3/c1-26(2,3)34-25(33)31-22-10-7-19(16-22)23(31)24(32)28-20(17-27)15-18-5-8-21(9-6-18)30-13-11-29(4)12-14-30/h5-6,8-9,19-20,23H,7,10-16H2,1-4H3/p+1/t19-,20?,23-/m0/s1. The Morgan fingerprint density at radius 1 is 1.21 bits per heavy atom. The highest BCUT2D eigenvalue weighted by Gasteiger charge is 2.55. The van der Waals surface area contributed by atoms with Gasteiger partial charge in [0.05, 0.1) is 6.07 Å². The molecule has 1 aromatic carbocycles. The van der Waals surface area contributed by atoms with Gasteiger partial charge in [0.1, 0.15) is 11.6 Å². The van der Waals surface area contributed by atoms with Gasteiger partial charge in [0.2, 0.25) is 6.04 Å². The van der Waals surface area contributed by atoms with E-state index < -0.39 is 23.8 Å².